The van der Waals surface area contributed by atoms with Crippen LogP contribution in [-0.2, 0) is 11.4 Å². The highest BCUT2D eigenvalue weighted by atomic mass is 35.5. The maximum atomic E-state index is 11.7. The average molecular weight is 542 g/mol. The summed E-state index contributed by atoms with van der Waals surface area (Å²) in [6.45, 7) is 3.54. The molecule has 0 spiro atoms. The van der Waals surface area contributed by atoms with Crippen LogP contribution in [0.4, 0.5) is 5.82 Å². The summed E-state index contributed by atoms with van der Waals surface area (Å²) in [5.74, 6) is 1.86. The number of aromatic nitrogens is 3. The van der Waals surface area contributed by atoms with E-state index in [0.29, 0.717) is 28.8 Å². The van der Waals surface area contributed by atoms with Crippen molar-refractivity contribution in [2.24, 2.45) is 0 Å². The zero-order valence-electron chi connectivity index (χ0n) is 21.5. The van der Waals surface area contributed by atoms with Gasteiger partial charge < -0.3 is 19.8 Å². The molecule has 0 aliphatic carbocycles. The van der Waals surface area contributed by atoms with E-state index in [1.807, 2.05) is 76.6 Å². The minimum atomic E-state index is 0.124. The van der Waals surface area contributed by atoms with Crippen molar-refractivity contribution in [2.75, 3.05) is 18.8 Å². The number of rotatable bonds is 6. The van der Waals surface area contributed by atoms with Crippen LogP contribution in [0.25, 0.3) is 33.4 Å². The van der Waals surface area contributed by atoms with Gasteiger partial charge in [-0.2, -0.15) is 5.10 Å². The number of piperidine rings is 1. The molecule has 198 valence electrons. The molecule has 2 N–H and O–H groups in total. The Morgan fingerprint density at radius 3 is 2.67 bits per heavy atom. The molecule has 2 aromatic carbocycles. The van der Waals surface area contributed by atoms with Gasteiger partial charge in [-0.3, -0.25) is 9.48 Å². The van der Waals surface area contributed by atoms with Crippen LogP contribution in [0.15, 0.2) is 77.6 Å². The fourth-order valence-electron chi connectivity index (χ4n) is 5.02. The number of hydrogen-bond donors (Lipinski definition) is 1. The number of carbonyl (C=O) groups excluding carboxylic acids is 1. The van der Waals surface area contributed by atoms with Crippen LogP contribution in [0.1, 0.15) is 31.4 Å². The second-order valence-electron chi connectivity index (χ2n) is 9.80. The van der Waals surface area contributed by atoms with Crippen molar-refractivity contribution in [1.29, 1.82) is 0 Å². The lowest BCUT2D eigenvalue weighted by atomic mass is 10.0. The van der Waals surface area contributed by atoms with Crippen molar-refractivity contribution < 1.29 is 13.9 Å². The van der Waals surface area contributed by atoms with Crippen LogP contribution in [0.2, 0.25) is 5.02 Å². The summed E-state index contributed by atoms with van der Waals surface area (Å²) in [6.07, 6.45) is 7.41. The highest BCUT2D eigenvalue weighted by Gasteiger charge is 2.23. The first-order valence-electron chi connectivity index (χ1n) is 12.9. The number of amides is 1. The van der Waals surface area contributed by atoms with Crippen LogP contribution < -0.4 is 10.5 Å². The summed E-state index contributed by atoms with van der Waals surface area (Å²) in [5, 5.41) is 6.21. The number of nitrogens with two attached hydrogens (primary N) is 1. The molecule has 1 saturated heterocycles. The Balaban J connectivity index is 1.25. The molecule has 1 fully saturated rings. The molecular formula is C30H28ClN5O3. The van der Waals surface area contributed by atoms with Gasteiger partial charge in [0.15, 0.2) is 11.4 Å². The van der Waals surface area contributed by atoms with Gasteiger partial charge in [-0.05, 0) is 48.7 Å². The van der Waals surface area contributed by atoms with E-state index in [1.165, 1.54) is 0 Å². The molecule has 0 saturated carbocycles. The van der Waals surface area contributed by atoms with Gasteiger partial charge in [-0.15, -0.1) is 0 Å². The Bertz CT molecular complexity index is 1630. The van der Waals surface area contributed by atoms with Gasteiger partial charge in [0, 0.05) is 59.5 Å². The molecule has 6 rings (SSSR count). The predicted octanol–water partition coefficient (Wildman–Crippen LogP) is 6.36. The zero-order valence-corrected chi connectivity index (χ0v) is 22.3. The highest BCUT2D eigenvalue weighted by molar-refractivity contribution is 6.30. The first-order chi connectivity index (χ1) is 18.9. The molecule has 0 atom stereocenters. The molecule has 9 heteroatoms. The van der Waals surface area contributed by atoms with Crippen LogP contribution >= 0.6 is 11.6 Å². The third-order valence-electron chi connectivity index (χ3n) is 7.22. The molecule has 3 aromatic heterocycles. The fourth-order valence-corrected chi connectivity index (χ4v) is 5.15. The van der Waals surface area contributed by atoms with Gasteiger partial charge in [0.2, 0.25) is 5.91 Å². The molecule has 1 amide bonds. The van der Waals surface area contributed by atoms with E-state index >= 15 is 0 Å². The van der Waals surface area contributed by atoms with Crippen LogP contribution in [0.3, 0.4) is 0 Å². The number of pyridine rings is 1. The summed E-state index contributed by atoms with van der Waals surface area (Å²) in [4.78, 5) is 18.0. The summed E-state index contributed by atoms with van der Waals surface area (Å²) in [6, 6.07) is 17.6. The van der Waals surface area contributed by atoms with Gasteiger partial charge in [0.1, 0.15) is 18.1 Å². The van der Waals surface area contributed by atoms with E-state index in [1.54, 1.807) is 13.1 Å². The number of hydrogen-bond acceptors (Lipinski definition) is 6. The van der Waals surface area contributed by atoms with E-state index in [2.05, 4.69) is 10.1 Å². The van der Waals surface area contributed by atoms with E-state index < -0.39 is 0 Å². The standard InChI is InChI=1S/C30H28ClN5O3/c1-19(37)35-11-9-24(10-12-35)36-17-22(15-34-36)27-16-33-30(32)29-26(27)14-28(39-29)21-3-2-4-25(13-21)38-18-20-5-7-23(31)8-6-20/h2-8,13-17,24H,9-12,18H2,1H3,(H2,32,33). The second-order valence-corrected chi connectivity index (χ2v) is 10.2. The lowest BCUT2D eigenvalue weighted by Crippen LogP contribution is -2.37. The third-order valence-corrected chi connectivity index (χ3v) is 7.47. The Morgan fingerprint density at radius 2 is 1.90 bits per heavy atom. The molecule has 0 radical (unpaired) electrons. The maximum absolute atomic E-state index is 11.7. The van der Waals surface area contributed by atoms with Gasteiger partial charge in [-0.25, -0.2) is 4.98 Å². The molecule has 1 aliphatic heterocycles. The number of benzene rings is 2. The largest absolute Gasteiger partial charge is 0.489 e. The topological polar surface area (TPSA) is 99.4 Å². The Labute approximate surface area is 230 Å². The van der Waals surface area contributed by atoms with Gasteiger partial charge in [0.05, 0.1) is 12.2 Å². The smallest absolute Gasteiger partial charge is 0.219 e. The van der Waals surface area contributed by atoms with Crippen molar-refractivity contribution in [3.8, 4) is 28.2 Å². The summed E-state index contributed by atoms with van der Waals surface area (Å²) in [5.41, 5.74) is 10.5. The number of furan rings is 1. The molecular weight excluding hydrogens is 514 g/mol. The van der Waals surface area contributed by atoms with Crippen molar-refractivity contribution in [3.63, 3.8) is 0 Å². The number of halogens is 1. The number of carbonyl (C=O) groups is 1. The van der Waals surface area contributed by atoms with Crippen molar-refractivity contribution in [3.05, 3.63) is 83.8 Å². The Hall–Kier alpha value is -4.30. The van der Waals surface area contributed by atoms with Crippen molar-refractivity contribution in [2.45, 2.75) is 32.4 Å². The zero-order chi connectivity index (χ0) is 26.9. The first kappa shape index (κ1) is 25.0. The van der Waals surface area contributed by atoms with Crippen LogP contribution in [0, 0.1) is 0 Å². The minimum Gasteiger partial charge on any atom is -0.489 e. The summed E-state index contributed by atoms with van der Waals surface area (Å²) < 4.78 is 14.2. The monoisotopic (exact) mass is 541 g/mol. The first-order valence-corrected chi connectivity index (χ1v) is 13.3. The van der Waals surface area contributed by atoms with Gasteiger partial charge in [-0.1, -0.05) is 35.9 Å². The number of fused-ring (bicyclic) bond motifs is 1. The molecule has 4 heterocycles. The van der Waals surface area contributed by atoms with Crippen molar-refractivity contribution >= 4 is 34.3 Å². The SMILES string of the molecule is CC(=O)N1CCC(n2cc(-c3cnc(N)c4oc(-c5cccc(OCc6ccc(Cl)cc6)c5)cc34)cn2)CC1. The lowest BCUT2D eigenvalue weighted by molar-refractivity contribution is -0.130. The molecule has 39 heavy (non-hydrogen) atoms. The van der Waals surface area contributed by atoms with Crippen LogP contribution in [-0.4, -0.2) is 38.7 Å². The van der Waals surface area contributed by atoms with E-state index in [-0.39, 0.29) is 11.9 Å². The van der Waals surface area contributed by atoms with E-state index in [0.717, 1.165) is 59.3 Å². The predicted molar refractivity (Wildman–Crippen MR) is 151 cm³/mol. The van der Waals surface area contributed by atoms with Gasteiger partial charge in [0.25, 0.3) is 0 Å². The Morgan fingerprint density at radius 1 is 1.10 bits per heavy atom. The van der Waals surface area contributed by atoms with E-state index in [4.69, 9.17) is 26.5 Å². The van der Waals surface area contributed by atoms with Crippen molar-refractivity contribution in [1.82, 2.24) is 19.7 Å². The summed E-state index contributed by atoms with van der Waals surface area (Å²) >= 11 is 5.98. The molecule has 8 nitrogen and oxygen atoms in total. The van der Waals surface area contributed by atoms with E-state index in [9.17, 15) is 4.79 Å². The number of likely N-dealkylation sites (tertiary alicyclic amines) is 1. The number of anilines is 1. The lowest BCUT2D eigenvalue weighted by Gasteiger charge is -2.31. The maximum Gasteiger partial charge on any atom is 0.219 e. The van der Waals surface area contributed by atoms with Crippen LogP contribution in [0.5, 0.6) is 5.75 Å². The second kappa shape index (κ2) is 10.5. The molecule has 0 unspecified atom stereocenters. The van der Waals surface area contributed by atoms with Gasteiger partial charge >= 0.3 is 0 Å². The normalized spacial score (nSPS) is 14.2. The molecule has 5 aromatic rings. The fraction of sp³-hybridized carbons (Fsp3) is 0.233. The molecule has 1 aliphatic rings. The average Bonchev–Trinajstić information content (AvgIpc) is 3.62. The highest BCUT2D eigenvalue weighted by Crippen LogP contribution is 2.37. The summed E-state index contributed by atoms with van der Waals surface area (Å²) in [7, 11) is 0. The quantitative estimate of drug-likeness (QED) is 0.268. The number of nitrogen functional groups attached to an aromatic ring is 1. The number of ether oxygens (including phenoxy) is 1. The number of nitrogens with zero attached hydrogens (tertiary/aromatic N) is 4. The molecule has 0 bridgehead atoms. The third kappa shape index (κ3) is 5.20. The minimum absolute atomic E-state index is 0.124. The Kier molecular flexibility index (Phi) is 6.70.